The highest BCUT2D eigenvalue weighted by atomic mass is 19.1. The summed E-state index contributed by atoms with van der Waals surface area (Å²) in [6.07, 6.45) is 4.30. The highest BCUT2D eigenvalue weighted by Crippen LogP contribution is 2.48. The molecule has 4 heterocycles. The molecule has 0 spiro atoms. The maximum Gasteiger partial charge on any atom is 0.137 e. The molecule has 0 amide bonds. The first-order valence-electron chi connectivity index (χ1n) is 11.6. The Balaban J connectivity index is 1.59. The van der Waals surface area contributed by atoms with Crippen LogP contribution in [0.15, 0.2) is 55.3 Å². The molecular weight excluding hydrogens is 441 g/mol. The third-order valence-electron chi connectivity index (χ3n) is 7.92. The molecule has 4 nitrogen and oxygen atoms in total. The lowest BCUT2D eigenvalue weighted by Gasteiger charge is -2.58. The molecular formula is C27H28F3N2O2+. The molecule has 2 bridgehead atoms. The van der Waals surface area contributed by atoms with E-state index in [2.05, 4.69) is 11.6 Å². The number of rotatable bonds is 6. The Kier molecular flexibility index (Phi) is 5.86. The van der Waals surface area contributed by atoms with Gasteiger partial charge in [0.1, 0.15) is 41.9 Å². The van der Waals surface area contributed by atoms with Crippen molar-refractivity contribution < 1.29 is 27.5 Å². The van der Waals surface area contributed by atoms with Crippen LogP contribution in [0.5, 0.6) is 5.75 Å². The van der Waals surface area contributed by atoms with Gasteiger partial charge in [-0.3, -0.25) is 4.98 Å². The molecule has 3 saturated heterocycles. The SMILES string of the molecule is C=CC1C[N+]2(Cc3c(F)cc(F)cc3F)CCC1CC2[C@H](O)c1ccnc2ccc(OC)cc12. The highest BCUT2D eigenvalue weighted by molar-refractivity contribution is 5.83. The predicted molar refractivity (Wildman–Crippen MR) is 123 cm³/mol. The van der Waals surface area contributed by atoms with Gasteiger partial charge in [0.05, 0.1) is 31.3 Å². The zero-order valence-electron chi connectivity index (χ0n) is 19.1. The van der Waals surface area contributed by atoms with Crippen molar-refractivity contribution in [2.24, 2.45) is 11.8 Å². The first-order chi connectivity index (χ1) is 16.3. The van der Waals surface area contributed by atoms with Crippen molar-refractivity contribution in [1.29, 1.82) is 0 Å². The maximum atomic E-state index is 14.7. The van der Waals surface area contributed by atoms with E-state index >= 15 is 0 Å². The predicted octanol–water partition coefficient (Wildman–Crippen LogP) is 5.31. The number of nitrogens with zero attached hydrogens (tertiary/aromatic N) is 2. The summed E-state index contributed by atoms with van der Waals surface area (Å²) in [5.74, 6) is -1.51. The fourth-order valence-electron chi connectivity index (χ4n) is 6.16. The van der Waals surface area contributed by atoms with Crippen molar-refractivity contribution in [3.05, 3.63) is 83.8 Å². The zero-order chi connectivity index (χ0) is 24.0. The van der Waals surface area contributed by atoms with Gasteiger partial charge in [0.15, 0.2) is 0 Å². The molecule has 0 saturated carbocycles. The molecule has 3 fully saturated rings. The number of methoxy groups -OCH3 is 1. The first kappa shape index (κ1) is 22.9. The van der Waals surface area contributed by atoms with Crippen LogP contribution in [0.25, 0.3) is 10.9 Å². The lowest BCUT2D eigenvalue weighted by Crippen LogP contribution is -2.67. The molecule has 1 N–H and O–H groups in total. The molecule has 3 aliphatic heterocycles. The number of ether oxygens (including phenoxy) is 1. The van der Waals surface area contributed by atoms with Gasteiger partial charge in [0.25, 0.3) is 0 Å². The fourth-order valence-corrected chi connectivity index (χ4v) is 6.16. The Hall–Kier alpha value is -2.90. The van der Waals surface area contributed by atoms with Crippen molar-refractivity contribution in [3.8, 4) is 5.75 Å². The van der Waals surface area contributed by atoms with Crippen LogP contribution in [0, 0.1) is 29.3 Å². The summed E-state index contributed by atoms with van der Waals surface area (Å²) in [5.41, 5.74) is 1.32. The summed E-state index contributed by atoms with van der Waals surface area (Å²) in [6.45, 7) is 5.33. The molecule has 5 atom stereocenters. The largest absolute Gasteiger partial charge is 0.497 e. The summed E-state index contributed by atoms with van der Waals surface area (Å²) in [4.78, 5) is 4.41. The molecule has 0 aliphatic carbocycles. The van der Waals surface area contributed by atoms with Crippen LogP contribution in [0.4, 0.5) is 13.2 Å². The lowest BCUT2D eigenvalue weighted by atomic mass is 9.71. The van der Waals surface area contributed by atoms with Gasteiger partial charge < -0.3 is 14.3 Å². The van der Waals surface area contributed by atoms with Gasteiger partial charge in [-0.15, -0.1) is 6.58 Å². The van der Waals surface area contributed by atoms with Gasteiger partial charge in [-0.1, -0.05) is 6.08 Å². The first-order valence-corrected chi connectivity index (χ1v) is 11.6. The number of fused-ring (bicyclic) bond motifs is 4. The molecule has 6 rings (SSSR count). The molecule has 2 aromatic carbocycles. The van der Waals surface area contributed by atoms with E-state index < -0.39 is 23.6 Å². The van der Waals surface area contributed by atoms with E-state index in [1.54, 1.807) is 19.4 Å². The van der Waals surface area contributed by atoms with Crippen molar-refractivity contribution >= 4 is 10.9 Å². The highest BCUT2D eigenvalue weighted by Gasteiger charge is 2.54. The Bertz CT molecular complexity index is 1230. The second-order valence-electron chi connectivity index (χ2n) is 9.61. The number of hydrogen-bond donors (Lipinski definition) is 1. The Labute approximate surface area is 196 Å². The number of pyridine rings is 1. The van der Waals surface area contributed by atoms with Crippen LogP contribution in [0.1, 0.15) is 30.1 Å². The molecule has 3 aromatic rings. The van der Waals surface area contributed by atoms with Gasteiger partial charge in [0, 0.05) is 42.5 Å². The normalized spacial score (nSPS) is 27.0. The fraction of sp³-hybridized carbons (Fsp3) is 0.370. The quantitative estimate of drug-likeness (QED) is 0.393. The molecule has 0 radical (unpaired) electrons. The summed E-state index contributed by atoms with van der Waals surface area (Å²) in [6, 6.07) is 8.50. The number of aliphatic hydroxyl groups is 1. The van der Waals surface area contributed by atoms with E-state index in [0.29, 0.717) is 41.2 Å². The monoisotopic (exact) mass is 469 g/mol. The summed E-state index contributed by atoms with van der Waals surface area (Å²) < 4.78 is 48.7. The van der Waals surface area contributed by atoms with Crippen molar-refractivity contribution in [2.75, 3.05) is 20.2 Å². The van der Waals surface area contributed by atoms with E-state index in [9.17, 15) is 18.3 Å². The van der Waals surface area contributed by atoms with Gasteiger partial charge in [-0.2, -0.15) is 0 Å². The summed E-state index contributed by atoms with van der Waals surface area (Å²) in [7, 11) is 1.58. The molecule has 178 valence electrons. The van der Waals surface area contributed by atoms with Crippen molar-refractivity contribution in [3.63, 3.8) is 0 Å². The standard InChI is InChI=1S/C27H28F3N2O2/c1-3-16-14-32(15-22-23(29)11-18(28)12-24(22)30)9-7-17(16)10-26(32)27(33)20-6-8-31-25-5-4-19(34-2)13-21(20)25/h3-6,8,11-13,16-17,26-27,33H,1,7,9-10,14-15H2,2H3/q+1/t16?,17?,26?,27-,32?/m1/s1. The number of aliphatic hydroxyl groups excluding tert-OH is 1. The number of halogens is 3. The number of quaternary nitrogens is 1. The van der Waals surface area contributed by atoms with Crippen LogP contribution in [0.2, 0.25) is 0 Å². The minimum atomic E-state index is -0.936. The van der Waals surface area contributed by atoms with Gasteiger partial charge in [0.2, 0.25) is 0 Å². The van der Waals surface area contributed by atoms with Crippen LogP contribution >= 0.6 is 0 Å². The number of aromatic nitrogens is 1. The lowest BCUT2D eigenvalue weighted by molar-refractivity contribution is -0.985. The van der Waals surface area contributed by atoms with E-state index in [1.807, 2.05) is 24.3 Å². The summed E-state index contributed by atoms with van der Waals surface area (Å²) >= 11 is 0. The van der Waals surface area contributed by atoms with E-state index in [-0.39, 0.29) is 24.1 Å². The van der Waals surface area contributed by atoms with Crippen molar-refractivity contribution in [1.82, 2.24) is 4.98 Å². The molecule has 34 heavy (non-hydrogen) atoms. The molecule has 4 unspecified atom stereocenters. The van der Waals surface area contributed by atoms with E-state index in [4.69, 9.17) is 4.74 Å². The number of piperidine rings is 3. The second-order valence-corrected chi connectivity index (χ2v) is 9.61. The maximum absolute atomic E-state index is 14.7. The molecule has 3 aliphatic rings. The zero-order valence-corrected chi connectivity index (χ0v) is 19.1. The van der Waals surface area contributed by atoms with Crippen LogP contribution in [-0.2, 0) is 6.54 Å². The topological polar surface area (TPSA) is 42.4 Å². The average molecular weight is 470 g/mol. The average Bonchev–Trinajstić information content (AvgIpc) is 2.85. The van der Waals surface area contributed by atoms with Crippen LogP contribution in [-0.4, -0.2) is 40.8 Å². The Morgan fingerprint density at radius 3 is 2.68 bits per heavy atom. The van der Waals surface area contributed by atoms with Crippen LogP contribution in [0.3, 0.4) is 0 Å². The number of hydrogen-bond acceptors (Lipinski definition) is 3. The van der Waals surface area contributed by atoms with E-state index in [0.717, 1.165) is 29.5 Å². The second kappa shape index (κ2) is 8.71. The third-order valence-corrected chi connectivity index (χ3v) is 7.92. The Morgan fingerprint density at radius 2 is 1.97 bits per heavy atom. The van der Waals surface area contributed by atoms with Gasteiger partial charge >= 0.3 is 0 Å². The van der Waals surface area contributed by atoms with Crippen LogP contribution < -0.4 is 4.74 Å². The Morgan fingerprint density at radius 1 is 1.21 bits per heavy atom. The smallest absolute Gasteiger partial charge is 0.137 e. The van der Waals surface area contributed by atoms with E-state index in [1.165, 1.54) is 0 Å². The summed E-state index contributed by atoms with van der Waals surface area (Å²) in [5, 5.41) is 12.5. The minimum absolute atomic E-state index is 0.0447. The van der Waals surface area contributed by atoms with Crippen molar-refractivity contribution in [2.45, 2.75) is 31.5 Å². The molecule has 1 aromatic heterocycles. The van der Waals surface area contributed by atoms with Gasteiger partial charge in [-0.05, 0) is 35.7 Å². The number of benzene rings is 2. The minimum Gasteiger partial charge on any atom is -0.497 e. The third kappa shape index (κ3) is 3.77. The molecule has 7 heteroatoms. The van der Waals surface area contributed by atoms with Gasteiger partial charge in [-0.25, -0.2) is 13.2 Å².